The van der Waals surface area contributed by atoms with E-state index < -0.39 is 11.7 Å². The average Bonchev–Trinajstić information content (AvgIpc) is 2.62. The molecule has 1 heterocycles. The van der Waals surface area contributed by atoms with Gasteiger partial charge in [-0.1, -0.05) is 25.4 Å². The minimum atomic E-state index is -4.35. The van der Waals surface area contributed by atoms with Crippen molar-refractivity contribution in [3.8, 4) is 0 Å². The number of halogens is 4. The van der Waals surface area contributed by atoms with E-state index in [9.17, 15) is 13.2 Å². The van der Waals surface area contributed by atoms with Crippen LogP contribution >= 0.6 is 11.6 Å². The summed E-state index contributed by atoms with van der Waals surface area (Å²) in [6.45, 7) is 4.00. The van der Waals surface area contributed by atoms with Crippen LogP contribution in [0.1, 0.15) is 19.4 Å². The van der Waals surface area contributed by atoms with Crippen LogP contribution in [0.15, 0.2) is 28.9 Å². The fourth-order valence-electron chi connectivity index (χ4n) is 1.17. The summed E-state index contributed by atoms with van der Waals surface area (Å²) in [5.41, 5.74) is -0.378. The second-order valence-electron chi connectivity index (χ2n) is 2.79. The van der Waals surface area contributed by atoms with Crippen LogP contribution in [0.4, 0.5) is 13.2 Å². The number of fused-ring (bicyclic) bond motifs is 1. The van der Waals surface area contributed by atoms with Crippen LogP contribution < -0.4 is 0 Å². The molecule has 0 bridgehead atoms. The van der Waals surface area contributed by atoms with E-state index in [4.69, 9.17) is 16.0 Å². The molecule has 0 saturated carbocycles. The van der Waals surface area contributed by atoms with Crippen molar-refractivity contribution in [1.82, 2.24) is 0 Å². The summed E-state index contributed by atoms with van der Waals surface area (Å²) in [6, 6.07) is 3.19. The summed E-state index contributed by atoms with van der Waals surface area (Å²) in [4.78, 5) is 0. The molecule has 1 aromatic carbocycles. The lowest BCUT2D eigenvalue weighted by Gasteiger charge is -2.05. The average molecular weight is 251 g/mol. The maximum atomic E-state index is 12.3. The molecule has 0 saturated heterocycles. The monoisotopic (exact) mass is 250 g/mol. The van der Waals surface area contributed by atoms with Crippen molar-refractivity contribution in [2.45, 2.75) is 20.0 Å². The number of rotatable bonds is 0. The molecule has 0 amide bonds. The molecule has 2 rings (SSSR count). The minimum Gasteiger partial charge on any atom is -0.463 e. The van der Waals surface area contributed by atoms with Gasteiger partial charge in [-0.25, -0.2) is 0 Å². The first-order valence-electron chi connectivity index (χ1n) is 4.72. The molecule has 0 aliphatic rings. The first kappa shape index (κ1) is 12.9. The standard InChI is InChI=1S/C9H4ClF3O.C2H6/c10-7-4-14-8-2-1-5(3-6(7)8)9(11,12)13;1-2/h1-4H;1-2H3. The molecule has 0 aliphatic carbocycles. The molecule has 0 N–H and O–H groups in total. The quantitative estimate of drug-likeness (QED) is 0.632. The first-order valence-corrected chi connectivity index (χ1v) is 5.10. The maximum absolute atomic E-state index is 12.3. The second kappa shape index (κ2) is 4.78. The van der Waals surface area contributed by atoms with Gasteiger partial charge >= 0.3 is 6.18 Å². The summed E-state index contributed by atoms with van der Waals surface area (Å²) in [5, 5.41) is 0.465. The zero-order valence-corrected chi connectivity index (χ0v) is 9.49. The van der Waals surface area contributed by atoms with Crippen LogP contribution in [-0.2, 0) is 6.18 Å². The Morgan fingerprint density at radius 2 is 1.81 bits per heavy atom. The van der Waals surface area contributed by atoms with E-state index >= 15 is 0 Å². The summed E-state index contributed by atoms with van der Waals surface area (Å²) in [6.07, 6.45) is -3.14. The second-order valence-corrected chi connectivity index (χ2v) is 3.20. The number of alkyl halides is 3. The smallest absolute Gasteiger partial charge is 0.416 e. The van der Waals surface area contributed by atoms with Gasteiger partial charge < -0.3 is 4.42 Å². The van der Waals surface area contributed by atoms with Crippen LogP contribution in [0.5, 0.6) is 0 Å². The Labute approximate surface area is 95.8 Å². The first-order chi connectivity index (χ1) is 7.48. The van der Waals surface area contributed by atoms with Crippen molar-refractivity contribution in [2.24, 2.45) is 0 Å². The van der Waals surface area contributed by atoms with Crippen LogP contribution in [0.2, 0.25) is 5.02 Å². The number of hydrogen-bond donors (Lipinski definition) is 0. The molecule has 0 aliphatic heterocycles. The predicted octanol–water partition coefficient (Wildman–Crippen LogP) is 5.13. The Kier molecular flexibility index (Phi) is 3.86. The largest absolute Gasteiger partial charge is 0.463 e. The molecular formula is C11H10ClF3O. The molecule has 0 atom stereocenters. The lowest BCUT2D eigenvalue weighted by molar-refractivity contribution is -0.137. The topological polar surface area (TPSA) is 13.1 Å². The fraction of sp³-hybridized carbons (Fsp3) is 0.273. The van der Waals surface area contributed by atoms with Crippen molar-refractivity contribution < 1.29 is 17.6 Å². The summed E-state index contributed by atoms with van der Waals surface area (Å²) in [7, 11) is 0. The third-order valence-corrected chi connectivity index (χ3v) is 2.15. The number of hydrogen-bond acceptors (Lipinski definition) is 1. The van der Waals surface area contributed by atoms with E-state index in [0.717, 1.165) is 12.1 Å². The van der Waals surface area contributed by atoms with Gasteiger partial charge in [-0.15, -0.1) is 0 Å². The van der Waals surface area contributed by atoms with Crippen molar-refractivity contribution >= 4 is 22.6 Å². The van der Waals surface area contributed by atoms with Gasteiger partial charge in [-0.05, 0) is 18.2 Å². The third-order valence-electron chi connectivity index (χ3n) is 1.85. The van der Waals surface area contributed by atoms with Crippen molar-refractivity contribution in [2.75, 3.05) is 0 Å². The lowest BCUT2D eigenvalue weighted by atomic mass is 10.1. The normalized spacial score (nSPS) is 11.1. The molecule has 0 radical (unpaired) electrons. The molecule has 2 aromatic rings. The maximum Gasteiger partial charge on any atom is 0.416 e. The van der Waals surface area contributed by atoms with Gasteiger partial charge in [0.15, 0.2) is 0 Å². The highest BCUT2D eigenvalue weighted by molar-refractivity contribution is 6.35. The summed E-state index contributed by atoms with van der Waals surface area (Å²) >= 11 is 5.63. The molecule has 0 unspecified atom stereocenters. The molecule has 88 valence electrons. The van der Waals surface area contributed by atoms with E-state index in [-0.39, 0.29) is 10.4 Å². The SMILES string of the molecule is CC.FC(F)(F)c1ccc2occ(Cl)c2c1. The predicted molar refractivity (Wildman–Crippen MR) is 57.6 cm³/mol. The molecule has 16 heavy (non-hydrogen) atoms. The summed E-state index contributed by atoms with van der Waals surface area (Å²) in [5.74, 6) is 0. The Hall–Kier alpha value is -1.16. The van der Waals surface area contributed by atoms with E-state index in [1.807, 2.05) is 13.8 Å². The van der Waals surface area contributed by atoms with Gasteiger partial charge in [0.1, 0.15) is 11.8 Å². The van der Waals surface area contributed by atoms with E-state index in [1.165, 1.54) is 12.3 Å². The Morgan fingerprint density at radius 3 is 2.38 bits per heavy atom. The van der Waals surface area contributed by atoms with Gasteiger partial charge in [0, 0.05) is 5.39 Å². The van der Waals surface area contributed by atoms with E-state index in [1.54, 1.807) is 0 Å². The summed E-state index contributed by atoms with van der Waals surface area (Å²) < 4.78 is 41.8. The number of furan rings is 1. The highest BCUT2D eigenvalue weighted by Gasteiger charge is 2.30. The highest BCUT2D eigenvalue weighted by atomic mass is 35.5. The highest BCUT2D eigenvalue weighted by Crippen LogP contribution is 2.34. The van der Waals surface area contributed by atoms with Crippen molar-refractivity contribution in [3.63, 3.8) is 0 Å². The lowest BCUT2D eigenvalue weighted by Crippen LogP contribution is -2.03. The molecule has 0 fully saturated rings. The third kappa shape index (κ3) is 2.50. The zero-order chi connectivity index (χ0) is 12.3. The van der Waals surface area contributed by atoms with Gasteiger partial charge in [-0.2, -0.15) is 13.2 Å². The van der Waals surface area contributed by atoms with Gasteiger partial charge in [0.05, 0.1) is 10.6 Å². The molecule has 0 spiro atoms. The van der Waals surface area contributed by atoms with E-state index in [0.29, 0.717) is 5.58 Å². The zero-order valence-electron chi connectivity index (χ0n) is 8.73. The van der Waals surface area contributed by atoms with Crippen LogP contribution in [0.3, 0.4) is 0 Å². The molecule has 1 nitrogen and oxygen atoms in total. The van der Waals surface area contributed by atoms with Crippen molar-refractivity contribution in [1.29, 1.82) is 0 Å². The Bertz CT molecular complexity index is 474. The fourth-order valence-corrected chi connectivity index (χ4v) is 1.37. The van der Waals surface area contributed by atoms with Crippen LogP contribution in [0, 0.1) is 0 Å². The minimum absolute atomic E-state index is 0.186. The van der Waals surface area contributed by atoms with E-state index in [2.05, 4.69) is 0 Å². The Balaban J connectivity index is 0.000000606. The van der Waals surface area contributed by atoms with Crippen molar-refractivity contribution in [3.05, 3.63) is 35.0 Å². The van der Waals surface area contributed by atoms with Gasteiger partial charge in [-0.3, -0.25) is 0 Å². The molecule has 5 heteroatoms. The van der Waals surface area contributed by atoms with Gasteiger partial charge in [0.2, 0.25) is 0 Å². The molecule has 1 aromatic heterocycles. The van der Waals surface area contributed by atoms with Crippen LogP contribution in [0.25, 0.3) is 11.0 Å². The van der Waals surface area contributed by atoms with Crippen LogP contribution in [-0.4, -0.2) is 0 Å². The Morgan fingerprint density at radius 1 is 1.19 bits per heavy atom. The number of benzene rings is 1. The molecular weight excluding hydrogens is 241 g/mol. The van der Waals surface area contributed by atoms with Gasteiger partial charge in [0.25, 0.3) is 0 Å².